The fourth-order valence-corrected chi connectivity index (χ4v) is 0.716. The van der Waals surface area contributed by atoms with Crippen LogP contribution in [0.5, 0.6) is 0 Å². The quantitative estimate of drug-likeness (QED) is 0.637. The predicted octanol–water partition coefficient (Wildman–Crippen LogP) is 4.14. The third-order valence-electron chi connectivity index (χ3n) is 1.33. The third kappa shape index (κ3) is 20.2. The average Bonchev–Trinajstić information content (AvgIpc) is 2.70. The SMILES string of the molecule is C1=CC=CCC=C1.C=CC=NC=C=NC.CC. The zero-order chi connectivity index (χ0) is 13.2. The Balaban J connectivity index is 0. The topological polar surface area (TPSA) is 24.7 Å². The maximum atomic E-state index is 3.71. The van der Waals surface area contributed by atoms with Gasteiger partial charge in [0.1, 0.15) is 0 Å². The Morgan fingerprint density at radius 3 is 2.18 bits per heavy atom. The maximum absolute atomic E-state index is 3.71. The smallest absolute Gasteiger partial charge is 0.0877 e. The number of hydrogen-bond acceptors (Lipinski definition) is 2. The Kier molecular flexibility index (Phi) is 20.2. The molecular formula is C15H22N2. The summed E-state index contributed by atoms with van der Waals surface area (Å²) in [6.45, 7) is 7.43. The summed E-state index contributed by atoms with van der Waals surface area (Å²) in [5, 5.41) is 0. The summed E-state index contributed by atoms with van der Waals surface area (Å²) in [6, 6.07) is 0. The molecule has 1 aliphatic rings. The highest BCUT2D eigenvalue weighted by molar-refractivity contribution is 5.72. The Morgan fingerprint density at radius 1 is 1.12 bits per heavy atom. The Labute approximate surface area is 105 Å². The van der Waals surface area contributed by atoms with Crippen LogP contribution in [0.25, 0.3) is 0 Å². The summed E-state index contributed by atoms with van der Waals surface area (Å²) in [5.74, 6) is 2.54. The first kappa shape index (κ1) is 17.5. The summed E-state index contributed by atoms with van der Waals surface area (Å²) in [7, 11) is 1.64. The maximum Gasteiger partial charge on any atom is 0.0877 e. The molecule has 17 heavy (non-hydrogen) atoms. The first-order valence-electron chi connectivity index (χ1n) is 5.70. The van der Waals surface area contributed by atoms with Crippen LogP contribution in [-0.2, 0) is 0 Å². The lowest BCUT2D eigenvalue weighted by atomic mass is 10.4. The molecule has 0 atom stereocenters. The highest BCUT2D eigenvalue weighted by Gasteiger charge is 1.70. The van der Waals surface area contributed by atoms with Crippen LogP contribution in [0.4, 0.5) is 0 Å². The summed E-state index contributed by atoms with van der Waals surface area (Å²) in [5.41, 5.74) is 0. The Bertz CT molecular complexity index is 311. The Morgan fingerprint density at radius 2 is 1.71 bits per heavy atom. The molecule has 0 unspecified atom stereocenters. The fraction of sp³-hybridized carbons (Fsp3) is 0.267. The lowest BCUT2D eigenvalue weighted by Crippen LogP contribution is -1.57. The van der Waals surface area contributed by atoms with Crippen LogP contribution >= 0.6 is 0 Å². The average molecular weight is 230 g/mol. The lowest BCUT2D eigenvalue weighted by molar-refractivity contribution is 1.41. The molecule has 0 amide bonds. The van der Waals surface area contributed by atoms with Gasteiger partial charge in [0.15, 0.2) is 0 Å². The molecule has 0 heterocycles. The van der Waals surface area contributed by atoms with Crippen molar-refractivity contribution >= 4 is 12.1 Å². The van der Waals surface area contributed by atoms with Crippen molar-refractivity contribution in [3.05, 3.63) is 55.3 Å². The fourth-order valence-electron chi connectivity index (χ4n) is 0.716. The standard InChI is InChI=1S/C7H8.C6H8N2.C2H6/c1-2-4-6-7-5-3-1;1-3-4-8-6-5-7-2;1-2/h1-6H,7H2;3-4,6H,1H2,2H3;1-2H3. The lowest BCUT2D eigenvalue weighted by Gasteiger charge is -1.69. The van der Waals surface area contributed by atoms with E-state index >= 15 is 0 Å². The van der Waals surface area contributed by atoms with Gasteiger partial charge in [0.05, 0.1) is 6.20 Å². The number of rotatable bonds is 2. The van der Waals surface area contributed by atoms with Crippen LogP contribution in [0, 0.1) is 0 Å². The van der Waals surface area contributed by atoms with Gasteiger partial charge in [-0.15, -0.1) is 0 Å². The van der Waals surface area contributed by atoms with Gasteiger partial charge in [-0.1, -0.05) is 63.0 Å². The van der Waals surface area contributed by atoms with E-state index in [-0.39, 0.29) is 0 Å². The van der Waals surface area contributed by atoms with Gasteiger partial charge in [-0.2, -0.15) is 0 Å². The first-order valence-corrected chi connectivity index (χ1v) is 5.70. The molecule has 0 N–H and O–H groups in total. The molecule has 0 radical (unpaired) electrons. The summed E-state index contributed by atoms with van der Waals surface area (Å²) in [4.78, 5) is 7.26. The van der Waals surface area contributed by atoms with E-state index in [0.29, 0.717) is 0 Å². The molecule has 1 rings (SSSR count). The molecule has 1 aliphatic carbocycles. The summed E-state index contributed by atoms with van der Waals surface area (Å²) in [6.07, 6.45) is 18.1. The number of aliphatic imine (C=N–C) groups is 2. The van der Waals surface area contributed by atoms with Crippen molar-refractivity contribution in [2.24, 2.45) is 9.98 Å². The third-order valence-corrected chi connectivity index (χ3v) is 1.33. The van der Waals surface area contributed by atoms with Crippen LogP contribution in [0.2, 0.25) is 0 Å². The van der Waals surface area contributed by atoms with E-state index in [1.807, 2.05) is 26.0 Å². The molecule has 0 saturated heterocycles. The monoisotopic (exact) mass is 230 g/mol. The molecule has 0 spiro atoms. The van der Waals surface area contributed by atoms with Gasteiger partial charge in [-0.3, -0.25) is 4.99 Å². The van der Waals surface area contributed by atoms with Crippen LogP contribution in [0.3, 0.4) is 0 Å². The zero-order valence-corrected chi connectivity index (χ0v) is 11.0. The molecule has 0 aromatic rings. The van der Waals surface area contributed by atoms with Gasteiger partial charge in [-0.25, -0.2) is 4.99 Å². The van der Waals surface area contributed by atoms with Crippen LogP contribution in [-0.4, -0.2) is 19.1 Å². The van der Waals surface area contributed by atoms with Crippen molar-refractivity contribution < 1.29 is 0 Å². The summed E-state index contributed by atoms with van der Waals surface area (Å²) < 4.78 is 0. The van der Waals surface area contributed by atoms with E-state index in [9.17, 15) is 0 Å². The van der Waals surface area contributed by atoms with Gasteiger partial charge < -0.3 is 0 Å². The van der Waals surface area contributed by atoms with Gasteiger partial charge in [0.2, 0.25) is 0 Å². The second kappa shape index (κ2) is 19.6. The van der Waals surface area contributed by atoms with Crippen LogP contribution in [0.1, 0.15) is 20.3 Å². The normalized spacial score (nSPS) is 11.2. The molecule has 0 bridgehead atoms. The summed E-state index contributed by atoms with van der Waals surface area (Å²) >= 11 is 0. The van der Waals surface area contributed by atoms with Crippen molar-refractivity contribution in [3.63, 3.8) is 0 Å². The molecule has 0 aromatic carbocycles. The van der Waals surface area contributed by atoms with E-state index in [1.54, 1.807) is 19.3 Å². The van der Waals surface area contributed by atoms with Crippen molar-refractivity contribution in [1.82, 2.24) is 0 Å². The predicted molar refractivity (Wildman–Crippen MR) is 80.0 cm³/mol. The number of nitrogens with zero attached hydrogens (tertiary/aromatic N) is 2. The molecule has 2 nitrogen and oxygen atoms in total. The molecule has 92 valence electrons. The van der Waals surface area contributed by atoms with Gasteiger partial charge >= 0.3 is 0 Å². The van der Waals surface area contributed by atoms with E-state index in [4.69, 9.17) is 0 Å². The zero-order valence-electron chi connectivity index (χ0n) is 11.0. The van der Waals surface area contributed by atoms with E-state index in [2.05, 4.69) is 46.7 Å². The molecule has 0 fully saturated rings. The second-order valence-corrected chi connectivity index (χ2v) is 2.49. The van der Waals surface area contributed by atoms with Crippen molar-refractivity contribution in [2.75, 3.05) is 7.05 Å². The van der Waals surface area contributed by atoms with E-state index in [1.165, 1.54) is 6.20 Å². The molecule has 0 aromatic heterocycles. The van der Waals surface area contributed by atoms with Gasteiger partial charge in [0.25, 0.3) is 0 Å². The van der Waals surface area contributed by atoms with Crippen LogP contribution < -0.4 is 0 Å². The van der Waals surface area contributed by atoms with Crippen molar-refractivity contribution in [3.8, 4) is 0 Å². The molecule has 2 heteroatoms. The highest BCUT2D eigenvalue weighted by Crippen LogP contribution is 1.91. The first-order chi connectivity index (χ1) is 8.41. The van der Waals surface area contributed by atoms with Crippen molar-refractivity contribution in [1.29, 1.82) is 0 Å². The van der Waals surface area contributed by atoms with Crippen LogP contribution in [0.15, 0.2) is 65.3 Å². The van der Waals surface area contributed by atoms with Crippen molar-refractivity contribution in [2.45, 2.75) is 20.3 Å². The van der Waals surface area contributed by atoms with Gasteiger partial charge in [0, 0.05) is 19.1 Å². The minimum atomic E-state index is 1.08. The van der Waals surface area contributed by atoms with E-state index < -0.39 is 0 Å². The highest BCUT2D eigenvalue weighted by atomic mass is 14.7. The largest absolute Gasteiger partial charge is 0.255 e. The van der Waals surface area contributed by atoms with Gasteiger partial charge in [-0.05, 0) is 6.42 Å². The second-order valence-electron chi connectivity index (χ2n) is 2.49. The Hall–Kier alpha value is -1.92. The van der Waals surface area contributed by atoms with E-state index in [0.717, 1.165) is 6.42 Å². The number of hydrogen-bond donors (Lipinski definition) is 0. The minimum Gasteiger partial charge on any atom is -0.255 e. The minimum absolute atomic E-state index is 1.08. The molecule has 0 saturated carbocycles. The molecule has 0 aliphatic heterocycles. The number of allylic oxidation sites excluding steroid dienone is 7. The molecular weight excluding hydrogens is 208 g/mol.